The zero-order valence-corrected chi connectivity index (χ0v) is 10.2. The van der Waals surface area contributed by atoms with Gasteiger partial charge in [0.25, 0.3) is 5.69 Å². The molecule has 0 N–H and O–H groups in total. The zero-order valence-electron chi connectivity index (χ0n) is 10.2. The summed E-state index contributed by atoms with van der Waals surface area (Å²) in [6, 6.07) is 13.0. The Bertz CT molecular complexity index is 675. The molecule has 0 aliphatic carbocycles. The second kappa shape index (κ2) is 5.19. The molecule has 0 aliphatic heterocycles. The Morgan fingerprint density at radius 2 is 2.05 bits per heavy atom. The van der Waals surface area contributed by atoms with Crippen molar-refractivity contribution in [1.29, 1.82) is 5.26 Å². The molecule has 0 aliphatic rings. The van der Waals surface area contributed by atoms with Crippen LogP contribution in [0, 0.1) is 28.4 Å². The highest BCUT2D eigenvalue weighted by Gasteiger charge is 2.08. The monoisotopic (exact) mass is 254 g/mol. The Kier molecular flexibility index (Phi) is 3.44. The molecular weight excluding hydrogens is 244 g/mol. The molecular formula is C14H10N2O3. The predicted molar refractivity (Wildman–Crippen MR) is 69.1 cm³/mol. The molecule has 19 heavy (non-hydrogen) atoms. The fourth-order valence-corrected chi connectivity index (χ4v) is 1.62. The van der Waals surface area contributed by atoms with Gasteiger partial charge < -0.3 is 4.74 Å². The molecule has 0 heterocycles. The Balaban J connectivity index is 2.29. The molecule has 2 aromatic carbocycles. The third-order valence-corrected chi connectivity index (χ3v) is 2.56. The van der Waals surface area contributed by atoms with Crippen LogP contribution in [0.3, 0.4) is 0 Å². The predicted octanol–water partition coefficient (Wildman–Crippen LogP) is 3.57. The summed E-state index contributed by atoms with van der Waals surface area (Å²) in [6.07, 6.45) is 0. The van der Waals surface area contributed by atoms with E-state index in [0.717, 1.165) is 5.56 Å². The quantitative estimate of drug-likeness (QED) is 0.619. The van der Waals surface area contributed by atoms with Crippen molar-refractivity contribution in [2.75, 3.05) is 0 Å². The Labute approximate surface area is 109 Å². The summed E-state index contributed by atoms with van der Waals surface area (Å²) >= 11 is 0. The molecule has 0 radical (unpaired) electrons. The molecule has 94 valence electrons. The summed E-state index contributed by atoms with van der Waals surface area (Å²) in [7, 11) is 0. The number of non-ortho nitro benzene ring substituents is 1. The molecule has 0 fully saturated rings. The van der Waals surface area contributed by atoms with E-state index in [0.29, 0.717) is 17.1 Å². The largest absolute Gasteiger partial charge is 0.457 e. The first-order chi connectivity index (χ1) is 9.10. The van der Waals surface area contributed by atoms with Crippen molar-refractivity contribution in [3.8, 4) is 17.6 Å². The second-order valence-electron chi connectivity index (χ2n) is 3.95. The van der Waals surface area contributed by atoms with Crippen molar-refractivity contribution < 1.29 is 9.66 Å². The summed E-state index contributed by atoms with van der Waals surface area (Å²) in [4.78, 5) is 10.2. The van der Waals surface area contributed by atoms with Crippen LogP contribution < -0.4 is 4.74 Å². The third-order valence-electron chi connectivity index (χ3n) is 2.56. The van der Waals surface area contributed by atoms with Gasteiger partial charge in [-0.3, -0.25) is 10.1 Å². The SMILES string of the molecule is Cc1cc(C#N)ccc1Oc1cccc([N+](=O)[O-])c1. The number of rotatable bonds is 3. The average molecular weight is 254 g/mol. The number of nitro benzene ring substituents is 1. The van der Waals surface area contributed by atoms with Crippen LogP contribution in [-0.4, -0.2) is 4.92 Å². The van der Waals surface area contributed by atoms with Crippen LogP contribution in [0.2, 0.25) is 0 Å². The number of hydrogen-bond donors (Lipinski definition) is 0. The molecule has 0 spiro atoms. The summed E-state index contributed by atoms with van der Waals surface area (Å²) < 4.78 is 5.59. The van der Waals surface area contributed by atoms with E-state index in [1.165, 1.54) is 12.1 Å². The van der Waals surface area contributed by atoms with Gasteiger partial charge >= 0.3 is 0 Å². The number of nitrogens with zero attached hydrogens (tertiary/aromatic N) is 2. The Morgan fingerprint density at radius 3 is 2.68 bits per heavy atom. The first-order valence-electron chi connectivity index (χ1n) is 5.53. The van der Waals surface area contributed by atoms with Gasteiger partial charge in [0.2, 0.25) is 0 Å². The van der Waals surface area contributed by atoms with Gasteiger partial charge in [0, 0.05) is 6.07 Å². The van der Waals surface area contributed by atoms with Gasteiger partial charge in [0.05, 0.1) is 22.6 Å². The van der Waals surface area contributed by atoms with E-state index in [-0.39, 0.29) is 5.69 Å². The van der Waals surface area contributed by atoms with Gasteiger partial charge in [0.1, 0.15) is 11.5 Å². The van der Waals surface area contributed by atoms with Gasteiger partial charge in [-0.25, -0.2) is 0 Å². The van der Waals surface area contributed by atoms with Gasteiger partial charge in [-0.2, -0.15) is 5.26 Å². The van der Waals surface area contributed by atoms with Crippen molar-refractivity contribution in [2.24, 2.45) is 0 Å². The maximum absolute atomic E-state index is 10.7. The maximum Gasteiger partial charge on any atom is 0.273 e. The molecule has 0 atom stereocenters. The zero-order chi connectivity index (χ0) is 13.8. The lowest BCUT2D eigenvalue weighted by Crippen LogP contribution is -1.91. The van der Waals surface area contributed by atoms with Gasteiger partial charge in [0.15, 0.2) is 0 Å². The highest BCUT2D eigenvalue weighted by Crippen LogP contribution is 2.27. The molecule has 0 bridgehead atoms. The standard InChI is InChI=1S/C14H10N2O3/c1-10-7-11(9-15)5-6-14(10)19-13-4-2-3-12(8-13)16(17)18/h2-8H,1H3. The highest BCUT2D eigenvalue weighted by molar-refractivity contribution is 5.45. The van der Waals surface area contributed by atoms with Crippen LogP contribution in [0.15, 0.2) is 42.5 Å². The van der Waals surface area contributed by atoms with Gasteiger partial charge in [-0.05, 0) is 36.8 Å². The van der Waals surface area contributed by atoms with Crippen LogP contribution in [0.25, 0.3) is 0 Å². The van der Waals surface area contributed by atoms with Crippen molar-refractivity contribution in [3.05, 3.63) is 63.7 Å². The minimum atomic E-state index is -0.474. The molecule has 0 amide bonds. The van der Waals surface area contributed by atoms with Crippen LogP contribution in [-0.2, 0) is 0 Å². The van der Waals surface area contributed by atoms with E-state index >= 15 is 0 Å². The van der Waals surface area contributed by atoms with E-state index < -0.39 is 4.92 Å². The summed E-state index contributed by atoms with van der Waals surface area (Å²) in [5.74, 6) is 0.960. The lowest BCUT2D eigenvalue weighted by Gasteiger charge is -2.08. The lowest BCUT2D eigenvalue weighted by atomic mass is 10.1. The minimum absolute atomic E-state index is 0.0243. The van der Waals surface area contributed by atoms with E-state index in [1.807, 2.05) is 13.0 Å². The molecule has 0 aromatic heterocycles. The fraction of sp³-hybridized carbons (Fsp3) is 0.0714. The molecule has 5 nitrogen and oxygen atoms in total. The highest BCUT2D eigenvalue weighted by atomic mass is 16.6. The molecule has 2 rings (SSSR count). The molecule has 0 saturated carbocycles. The summed E-state index contributed by atoms with van der Waals surface area (Å²) in [5, 5.41) is 19.4. The molecule has 2 aromatic rings. The van der Waals surface area contributed by atoms with Gasteiger partial charge in [-0.1, -0.05) is 6.07 Å². The van der Waals surface area contributed by atoms with E-state index in [2.05, 4.69) is 0 Å². The number of benzene rings is 2. The second-order valence-corrected chi connectivity index (χ2v) is 3.95. The number of aryl methyl sites for hydroxylation is 1. The topological polar surface area (TPSA) is 76.2 Å². The van der Waals surface area contributed by atoms with E-state index in [4.69, 9.17) is 10.00 Å². The molecule has 0 unspecified atom stereocenters. The number of nitriles is 1. The number of hydrogen-bond acceptors (Lipinski definition) is 4. The maximum atomic E-state index is 10.7. The van der Waals surface area contributed by atoms with E-state index in [1.54, 1.807) is 30.3 Å². The summed E-state index contributed by atoms with van der Waals surface area (Å²) in [6.45, 7) is 1.81. The van der Waals surface area contributed by atoms with Crippen molar-refractivity contribution in [3.63, 3.8) is 0 Å². The lowest BCUT2D eigenvalue weighted by molar-refractivity contribution is -0.384. The smallest absolute Gasteiger partial charge is 0.273 e. The number of ether oxygens (including phenoxy) is 1. The average Bonchev–Trinajstić information content (AvgIpc) is 2.41. The van der Waals surface area contributed by atoms with Crippen molar-refractivity contribution >= 4 is 5.69 Å². The van der Waals surface area contributed by atoms with Crippen LogP contribution in [0.4, 0.5) is 5.69 Å². The summed E-state index contributed by atoms with van der Waals surface area (Å²) in [5.41, 5.74) is 1.32. The first-order valence-corrected chi connectivity index (χ1v) is 5.53. The van der Waals surface area contributed by atoms with Gasteiger partial charge in [-0.15, -0.1) is 0 Å². The molecule has 5 heteroatoms. The minimum Gasteiger partial charge on any atom is -0.457 e. The van der Waals surface area contributed by atoms with Crippen LogP contribution in [0.5, 0.6) is 11.5 Å². The normalized spacial score (nSPS) is 9.68. The van der Waals surface area contributed by atoms with Crippen LogP contribution in [0.1, 0.15) is 11.1 Å². The number of nitro groups is 1. The van der Waals surface area contributed by atoms with Crippen molar-refractivity contribution in [2.45, 2.75) is 6.92 Å². The van der Waals surface area contributed by atoms with E-state index in [9.17, 15) is 10.1 Å². The van der Waals surface area contributed by atoms with Crippen LogP contribution >= 0.6 is 0 Å². The Hall–Kier alpha value is -2.87. The molecule has 0 saturated heterocycles. The third kappa shape index (κ3) is 2.87. The first kappa shape index (κ1) is 12.6. The Morgan fingerprint density at radius 1 is 1.26 bits per heavy atom. The van der Waals surface area contributed by atoms with Crippen molar-refractivity contribution in [1.82, 2.24) is 0 Å². The fourth-order valence-electron chi connectivity index (χ4n) is 1.62.